The number of carbonyl (C=O) groups excluding carboxylic acids is 1. The fourth-order valence-corrected chi connectivity index (χ4v) is 2.46. The van der Waals surface area contributed by atoms with Crippen molar-refractivity contribution in [3.05, 3.63) is 35.5 Å². The van der Waals surface area contributed by atoms with Crippen LogP contribution in [0.5, 0.6) is 5.88 Å². The minimum atomic E-state index is 0.277. The Morgan fingerprint density at radius 3 is 2.68 bits per heavy atom. The molecule has 22 heavy (non-hydrogen) atoms. The Morgan fingerprint density at radius 1 is 1.32 bits per heavy atom. The molecule has 5 nitrogen and oxygen atoms in total. The highest BCUT2D eigenvalue weighted by molar-refractivity contribution is 5.49. The van der Waals surface area contributed by atoms with Crippen LogP contribution in [0.15, 0.2) is 18.4 Å². The Balaban J connectivity index is 2.08. The molecule has 1 heterocycles. The van der Waals surface area contributed by atoms with Crippen LogP contribution in [-0.2, 0) is 28.8 Å². The number of hydrogen-bond acceptors (Lipinski definition) is 5. The Hall–Kier alpha value is -2.13. The second kappa shape index (κ2) is 8.35. The average Bonchev–Trinajstić information content (AvgIpc) is 2.54. The second-order valence-corrected chi connectivity index (χ2v) is 5.13. The van der Waals surface area contributed by atoms with Crippen LogP contribution in [-0.4, -0.2) is 29.1 Å². The first kappa shape index (κ1) is 16.2. The highest BCUT2D eigenvalue weighted by atomic mass is 16.5. The molecule has 0 spiro atoms. The van der Waals surface area contributed by atoms with Crippen LogP contribution >= 0.6 is 0 Å². The first-order valence-electron chi connectivity index (χ1n) is 7.77. The molecule has 0 atom stereocenters. The smallest absolute Gasteiger partial charge is 0.236 e. The van der Waals surface area contributed by atoms with Gasteiger partial charge in [0.2, 0.25) is 5.88 Å². The molecule has 1 aromatic rings. The van der Waals surface area contributed by atoms with Gasteiger partial charge in [-0.1, -0.05) is 6.08 Å². The van der Waals surface area contributed by atoms with E-state index in [9.17, 15) is 4.79 Å². The van der Waals surface area contributed by atoms with E-state index in [1.54, 1.807) is 12.0 Å². The van der Waals surface area contributed by atoms with Crippen LogP contribution < -0.4 is 4.74 Å². The van der Waals surface area contributed by atoms with E-state index in [1.807, 2.05) is 6.92 Å². The molecule has 0 saturated carbocycles. The van der Waals surface area contributed by atoms with Gasteiger partial charge in [0.15, 0.2) is 11.7 Å². The van der Waals surface area contributed by atoms with E-state index in [2.05, 4.69) is 16.5 Å². The molecule has 5 heteroatoms. The molecular weight excluding hydrogens is 280 g/mol. The van der Waals surface area contributed by atoms with Crippen molar-refractivity contribution < 1.29 is 14.3 Å². The molecule has 0 unspecified atom stereocenters. The lowest BCUT2D eigenvalue weighted by Crippen LogP contribution is -2.13. The monoisotopic (exact) mass is 302 g/mol. The lowest BCUT2D eigenvalue weighted by molar-refractivity contribution is 0.200. The number of nitrogens with zero attached hydrogens (tertiary/aromatic N) is 2. The lowest BCUT2D eigenvalue weighted by atomic mass is 10.0. The van der Waals surface area contributed by atoms with Crippen molar-refractivity contribution in [3.63, 3.8) is 0 Å². The Bertz CT molecular complexity index is 578. The van der Waals surface area contributed by atoms with Crippen molar-refractivity contribution in [2.24, 2.45) is 0 Å². The normalized spacial score (nSPS) is 13.0. The Labute approximate surface area is 131 Å². The van der Waals surface area contributed by atoms with Gasteiger partial charge in [0.25, 0.3) is 0 Å². The number of rotatable bonds is 8. The number of hydrogen-bond donors (Lipinski definition) is 0. The fraction of sp³-hybridized carbons (Fsp3) is 0.529. The molecule has 0 amide bonds. The molecule has 1 aliphatic carbocycles. The summed E-state index contributed by atoms with van der Waals surface area (Å²) in [5, 5.41) is 0. The van der Waals surface area contributed by atoms with Gasteiger partial charge in [0.1, 0.15) is 5.69 Å². The van der Waals surface area contributed by atoms with Crippen molar-refractivity contribution in [3.8, 4) is 5.88 Å². The standard InChI is InChI=1S/C17H22N2O3/c1-3-7-16-17(22-11-10-13(12-20)21-4-2)19-15-9-6-5-8-14(15)18-16/h3H,1,4-11H2,2H3. The Kier molecular flexibility index (Phi) is 6.16. The van der Waals surface area contributed by atoms with Gasteiger partial charge in [0, 0.05) is 6.42 Å². The number of aromatic nitrogens is 2. The van der Waals surface area contributed by atoms with Crippen LogP contribution in [0.3, 0.4) is 0 Å². The SMILES string of the molecule is C=CCc1nc2c(nc1OCCC(=C=O)OCC)CCCC2. The van der Waals surface area contributed by atoms with E-state index in [4.69, 9.17) is 9.47 Å². The number of ether oxygens (including phenoxy) is 2. The van der Waals surface area contributed by atoms with Gasteiger partial charge in [-0.3, -0.25) is 0 Å². The van der Waals surface area contributed by atoms with Gasteiger partial charge in [-0.15, -0.1) is 6.58 Å². The van der Waals surface area contributed by atoms with Gasteiger partial charge in [0.05, 0.1) is 31.0 Å². The quantitative estimate of drug-likeness (QED) is 0.419. The summed E-state index contributed by atoms with van der Waals surface area (Å²) in [7, 11) is 0. The van der Waals surface area contributed by atoms with Crippen molar-refractivity contribution in [1.82, 2.24) is 9.97 Å². The third kappa shape index (κ3) is 4.18. The summed E-state index contributed by atoms with van der Waals surface area (Å²) >= 11 is 0. The summed E-state index contributed by atoms with van der Waals surface area (Å²) < 4.78 is 10.9. The third-order valence-electron chi connectivity index (χ3n) is 3.50. The van der Waals surface area contributed by atoms with Gasteiger partial charge < -0.3 is 9.47 Å². The predicted octanol–water partition coefficient (Wildman–Crippen LogP) is 2.60. The number of allylic oxidation sites excluding steroid dienone is 1. The summed E-state index contributed by atoms with van der Waals surface area (Å²) in [4.78, 5) is 20.0. The van der Waals surface area contributed by atoms with E-state index >= 15 is 0 Å². The second-order valence-electron chi connectivity index (χ2n) is 5.13. The highest BCUT2D eigenvalue weighted by Gasteiger charge is 2.17. The maximum Gasteiger partial charge on any atom is 0.236 e. The largest absolute Gasteiger partial charge is 0.487 e. The van der Waals surface area contributed by atoms with Gasteiger partial charge in [-0.25, -0.2) is 14.8 Å². The predicted molar refractivity (Wildman–Crippen MR) is 83.5 cm³/mol. The maximum absolute atomic E-state index is 10.7. The third-order valence-corrected chi connectivity index (χ3v) is 3.50. The van der Waals surface area contributed by atoms with Crippen LogP contribution in [0, 0.1) is 0 Å². The van der Waals surface area contributed by atoms with Crippen molar-refractivity contribution >= 4 is 5.94 Å². The van der Waals surface area contributed by atoms with E-state index in [0.717, 1.165) is 42.8 Å². The van der Waals surface area contributed by atoms with Crippen molar-refractivity contribution in [2.45, 2.75) is 45.4 Å². The molecule has 1 aromatic heterocycles. The number of fused-ring (bicyclic) bond motifs is 1. The minimum absolute atomic E-state index is 0.277. The van der Waals surface area contributed by atoms with Crippen LogP contribution in [0.4, 0.5) is 0 Å². The summed E-state index contributed by atoms with van der Waals surface area (Å²) in [6, 6.07) is 0. The zero-order chi connectivity index (χ0) is 15.8. The zero-order valence-electron chi connectivity index (χ0n) is 13.1. The molecule has 1 aliphatic rings. The van der Waals surface area contributed by atoms with E-state index in [1.165, 1.54) is 0 Å². The number of aryl methyl sites for hydroxylation is 2. The lowest BCUT2D eigenvalue weighted by Gasteiger charge is -2.17. The first-order valence-corrected chi connectivity index (χ1v) is 7.77. The van der Waals surface area contributed by atoms with E-state index in [-0.39, 0.29) is 5.76 Å². The molecule has 0 bridgehead atoms. The van der Waals surface area contributed by atoms with Crippen LogP contribution in [0.1, 0.15) is 43.3 Å². The van der Waals surface area contributed by atoms with Crippen LogP contribution in [0.25, 0.3) is 0 Å². The van der Waals surface area contributed by atoms with Crippen molar-refractivity contribution in [2.75, 3.05) is 13.2 Å². The topological polar surface area (TPSA) is 61.3 Å². The molecular formula is C17H22N2O3. The van der Waals surface area contributed by atoms with Gasteiger partial charge >= 0.3 is 0 Å². The van der Waals surface area contributed by atoms with Gasteiger partial charge in [-0.05, 0) is 32.6 Å². The van der Waals surface area contributed by atoms with Crippen molar-refractivity contribution in [1.29, 1.82) is 0 Å². The molecule has 0 N–H and O–H groups in total. The molecule has 0 radical (unpaired) electrons. The molecule has 0 aliphatic heterocycles. The molecule has 0 saturated heterocycles. The average molecular weight is 302 g/mol. The summed E-state index contributed by atoms with van der Waals surface area (Å²) in [6.07, 6.45) is 7.03. The summed E-state index contributed by atoms with van der Waals surface area (Å²) in [6.45, 7) is 6.36. The highest BCUT2D eigenvalue weighted by Crippen LogP contribution is 2.23. The van der Waals surface area contributed by atoms with Crippen LogP contribution in [0.2, 0.25) is 0 Å². The fourth-order valence-electron chi connectivity index (χ4n) is 2.46. The summed E-state index contributed by atoms with van der Waals surface area (Å²) in [5.41, 5.74) is 2.92. The zero-order valence-corrected chi connectivity index (χ0v) is 13.1. The molecule has 2 rings (SSSR count). The Morgan fingerprint density at radius 2 is 2.05 bits per heavy atom. The maximum atomic E-state index is 10.7. The molecule has 0 fully saturated rings. The minimum Gasteiger partial charge on any atom is -0.487 e. The summed E-state index contributed by atoms with van der Waals surface area (Å²) in [5.74, 6) is 2.61. The van der Waals surface area contributed by atoms with E-state index in [0.29, 0.717) is 31.9 Å². The first-order chi connectivity index (χ1) is 10.8. The van der Waals surface area contributed by atoms with Gasteiger partial charge in [-0.2, -0.15) is 0 Å². The molecule has 0 aromatic carbocycles. The molecule has 118 valence electrons. The van der Waals surface area contributed by atoms with E-state index < -0.39 is 0 Å².